The number of hydrogen-bond acceptors (Lipinski definition) is 4. The minimum Gasteiger partial charge on any atom is -0.379 e. The standard InChI is InChI=1S/C19H25N3O3/c1-13(2)7-10-25-17-8-9-24-12-16(17)21-19(23)15-11-22-14(3)5-4-6-18(22)20-15/h4-7,11,16-17H,8-10,12H2,1-3H3,(H,21,23)/t16-,17+/m1/s1. The fraction of sp³-hybridized carbons (Fsp3) is 0.474. The van der Waals surface area contributed by atoms with Crippen molar-refractivity contribution in [2.75, 3.05) is 19.8 Å². The number of allylic oxidation sites excluding steroid dienone is 1. The van der Waals surface area contributed by atoms with Crippen molar-refractivity contribution in [2.24, 2.45) is 0 Å². The Labute approximate surface area is 147 Å². The molecule has 6 heteroatoms. The van der Waals surface area contributed by atoms with E-state index in [0.29, 0.717) is 25.5 Å². The number of imidazole rings is 1. The highest BCUT2D eigenvalue weighted by molar-refractivity contribution is 5.93. The molecule has 25 heavy (non-hydrogen) atoms. The number of amides is 1. The number of carbonyl (C=O) groups is 1. The number of ether oxygens (including phenoxy) is 2. The van der Waals surface area contributed by atoms with E-state index >= 15 is 0 Å². The summed E-state index contributed by atoms with van der Waals surface area (Å²) < 4.78 is 13.4. The van der Waals surface area contributed by atoms with Gasteiger partial charge in [-0.05, 0) is 39.3 Å². The van der Waals surface area contributed by atoms with Crippen molar-refractivity contribution in [3.8, 4) is 0 Å². The number of hydrogen-bond donors (Lipinski definition) is 1. The van der Waals surface area contributed by atoms with Crippen LogP contribution in [0, 0.1) is 6.92 Å². The molecule has 0 aromatic carbocycles. The van der Waals surface area contributed by atoms with Crippen LogP contribution >= 0.6 is 0 Å². The molecule has 0 saturated carbocycles. The van der Waals surface area contributed by atoms with Gasteiger partial charge in [0.25, 0.3) is 5.91 Å². The Bertz CT molecular complexity index is 777. The first-order valence-electron chi connectivity index (χ1n) is 8.63. The van der Waals surface area contributed by atoms with E-state index in [-0.39, 0.29) is 18.1 Å². The lowest BCUT2D eigenvalue weighted by Gasteiger charge is -2.31. The average Bonchev–Trinajstić information content (AvgIpc) is 3.02. The molecule has 134 valence electrons. The Morgan fingerprint density at radius 3 is 3.08 bits per heavy atom. The Balaban J connectivity index is 1.68. The van der Waals surface area contributed by atoms with Gasteiger partial charge in [-0.25, -0.2) is 4.98 Å². The molecule has 0 unspecified atom stereocenters. The van der Waals surface area contributed by atoms with Crippen molar-refractivity contribution in [3.05, 3.63) is 47.4 Å². The summed E-state index contributed by atoms with van der Waals surface area (Å²) in [5.74, 6) is -0.200. The molecule has 1 N–H and O–H groups in total. The Kier molecular flexibility index (Phi) is 5.50. The van der Waals surface area contributed by atoms with E-state index < -0.39 is 0 Å². The second-order valence-electron chi connectivity index (χ2n) is 6.62. The first-order valence-corrected chi connectivity index (χ1v) is 8.63. The van der Waals surface area contributed by atoms with Gasteiger partial charge in [-0.2, -0.15) is 0 Å². The summed E-state index contributed by atoms with van der Waals surface area (Å²) >= 11 is 0. The Morgan fingerprint density at radius 2 is 2.32 bits per heavy atom. The molecular formula is C19H25N3O3. The Hall–Kier alpha value is -2.18. The monoisotopic (exact) mass is 343 g/mol. The van der Waals surface area contributed by atoms with Gasteiger partial charge < -0.3 is 19.2 Å². The van der Waals surface area contributed by atoms with Crippen LogP contribution in [0.2, 0.25) is 0 Å². The number of carbonyl (C=O) groups excluding carboxylic acids is 1. The third-order valence-corrected chi connectivity index (χ3v) is 4.34. The van der Waals surface area contributed by atoms with E-state index in [2.05, 4.69) is 10.3 Å². The number of fused-ring (bicyclic) bond motifs is 1. The summed E-state index contributed by atoms with van der Waals surface area (Å²) in [6, 6.07) is 5.64. The molecule has 1 fully saturated rings. The van der Waals surface area contributed by atoms with Crippen LogP contribution in [0.1, 0.15) is 36.5 Å². The average molecular weight is 343 g/mol. The highest BCUT2D eigenvalue weighted by Gasteiger charge is 2.28. The van der Waals surface area contributed by atoms with Gasteiger partial charge in [-0.1, -0.05) is 17.7 Å². The van der Waals surface area contributed by atoms with Crippen molar-refractivity contribution in [1.29, 1.82) is 0 Å². The lowest BCUT2D eigenvalue weighted by molar-refractivity contribution is -0.0457. The molecule has 1 aliphatic heterocycles. The van der Waals surface area contributed by atoms with Crippen molar-refractivity contribution < 1.29 is 14.3 Å². The third-order valence-electron chi connectivity index (χ3n) is 4.34. The lowest BCUT2D eigenvalue weighted by Crippen LogP contribution is -2.50. The number of nitrogens with zero attached hydrogens (tertiary/aromatic N) is 2. The van der Waals surface area contributed by atoms with Crippen LogP contribution in [0.15, 0.2) is 36.0 Å². The summed E-state index contributed by atoms with van der Waals surface area (Å²) in [6.45, 7) is 7.72. The van der Waals surface area contributed by atoms with Crippen LogP contribution in [0.4, 0.5) is 0 Å². The van der Waals surface area contributed by atoms with Gasteiger partial charge in [0.2, 0.25) is 0 Å². The summed E-state index contributed by atoms with van der Waals surface area (Å²) in [4.78, 5) is 17.0. The minimum atomic E-state index is -0.200. The zero-order chi connectivity index (χ0) is 17.8. The van der Waals surface area contributed by atoms with Gasteiger partial charge in [-0.15, -0.1) is 0 Å². The van der Waals surface area contributed by atoms with Crippen molar-refractivity contribution in [2.45, 2.75) is 39.3 Å². The fourth-order valence-corrected chi connectivity index (χ4v) is 2.89. The maximum Gasteiger partial charge on any atom is 0.271 e. The molecule has 1 aliphatic rings. The molecule has 0 radical (unpaired) electrons. The molecule has 2 aromatic rings. The summed E-state index contributed by atoms with van der Waals surface area (Å²) in [6.07, 6.45) is 4.53. The van der Waals surface area contributed by atoms with Gasteiger partial charge in [0.05, 0.1) is 25.4 Å². The summed E-state index contributed by atoms with van der Waals surface area (Å²) in [5.41, 5.74) is 3.42. The van der Waals surface area contributed by atoms with Crippen LogP contribution in [0.25, 0.3) is 5.65 Å². The van der Waals surface area contributed by atoms with Gasteiger partial charge in [0.1, 0.15) is 11.3 Å². The first-order chi connectivity index (χ1) is 12.0. The second kappa shape index (κ2) is 7.80. The minimum absolute atomic E-state index is 0.0490. The molecule has 1 saturated heterocycles. The summed E-state index contributed by atoms with van der Waals surface area (Å²) in [5, 5.41) is 3.02. The predicted molar refractivity (Wildman–Crippen MR) is 95.8 cm³/mol. The van der Waals surface area contributed by atoms with Crippen LogP contribution < -0.4 is 5.32 Å². The smallest absolute Gasteiger partial charge is 0.271 e. The van der Waals surface area contributed by atoms with Gasteiger partial charge in [0, 0.05) is 18.5 Å². The lowest BCUT2D eigenvalue weighted by atomic mass is 10.1. The van der Waals surface area contributed by atoms with E-state index in [1.165, 1.54) is 5.57 Å². The quantitative estimate of drug-likeness (QED) is 0.847. The van der Waals surface area contributed by atoms with E-state index in [9.17, 15) is 4.79 Å². The van der Waals surface area contributed by atoms with Gasteiger partial charge in [0.15, 0.2) is 0 Å². The van der Waals surface area contributed by atoms with Crippen LogP contribution in [-0.4, -0.2) is 47.3 Å². The van der Waals surface area contributed by atoms with Crippen molar-refractivity contribution >= 4 is 11.6 Å². The molecule has 3 rings (SSSR count). The number of rotatable bonds is 5. The second-order valence-corrected chi connectivity index (χ2v) is 6.62. The SMILES string of the molecule is CC(C)=CCO[C@H]1CCOC[C@H]1NC(=O)c1cn2c(C)cccc2n1. The first kappa shape index (κ1) is 17.6. The van der Waals surface area contributed by atoms with Crippen molar-refractivity contribution in [3.63, 3.8) is 0 Å². The predicted octanol–water partition coefficient (Wildman–Crippen LogP) is 2.51. The largest absolute Gasteiger partial charge is 0.379 e. The third kappa shape index (κ3) is 4.27. The number of nitrogens with one attached hydrogen (secondary N) is 1. The molecule has 0 bridgehead atoms. The van der Waals surface area contributed by atoms with Gasteiger partial charge >= 0.3 is 0 Å². The topological polar surface area (TPSA) is 64.9 Å². The highest BCUT2D eigenvalue weighted by Crippen LogP contribution is 2.14. The van der Waals surface area contributed by atoms with Crippen LogP contribution in [0.3, 0.4) is 0 Å². The molecule has 2 aromatic heterocycles. The molecular weight excluding hydrogens is 318 g/mol. The molecule has 2 atom stereocenters. The zero-order valence-electron chi connectivity index (χ0n) is 15.0. The number of aromatic nitrogens is 2. The number of aryl methyl sites for hydroxylation is 1. The molecule has 3 heterocycles. The van der Waals surface area contributed by atoms with E-state index in [1.807, 2.05) is 49.4 Å². The van der Waals surface area contributed by atoms with Gasteiger partial charge in [-0.3, -0.25) is 4.79 Å². The fourth-order valence-electron chi connectivity index (χ4n) is 2.89. The number of pyridine rings is 1. The zero-order valence-corrected chi connectivity index (χ0v) is 15.0. The van der Waals surface area contributed by atoms with Crippen LogP contribution in [-0.2, 0) is 9.47 Å². The van der Waals surface area contributed by atoms with E-state index in [4.69, 9.17) is 9.47 Å². The molecule has 0 aliphatic carbocycles. The van der Waals surface area contributed by atoms with Crippen LogP contribution in [0.5, 0.6) is 0 Å². The van der Waals surface area contributed by atoms with E-state index in [1.54, 1.807) is 6.20 Å². The molecule has 1 amide bonds. The Morgan fingerprint density at radius 1 is 1.48 bits per heavy atom. The normalized spacial score (nSPS) is 20.4. The maximum absolute atomic E-state index is 12.6. The maximum atomic E-state index is 12.6. The van der Waals surface area contributed by atoms with E-state index in [0.717, 1.165) is 17.8 Å². The molecule has 0 spiro atoms. The van der Waals surface area contributed by atoms with Crippen molar-refractivity contribution in [1.82, 2.24) is 14.7 Å². The highest BCUT2D eigenvalue weighted by atomic mass is 16.5. The molecule has 6 nitrogen and oxygen atoms in total. The summed E-state index contributed by atoms with van der Waals surface area (Å²) in [7, 11) is 0.